The van der Waals surface area contributed by atoms with Gasteiger partial charge in [0, 0.05) is 13.1 Å². The van der Waals surface area contributed by atoms with Crippen LogP contribution in [0.3, 0.4) is 0 Å². The summed E-state index contributed by atoms with van der Waals surface area (Å²) in [4.78, 5) is 0. The van der Waals surface area contributed by atoms with Gasteiger partial charge in [-0.15, -0.1) is 0 Å². The Morgan fingerprint density at radius 2 is 1.45 bits per heavy atom. The molecule has 1 aliphatic heterocycles. The third-order valence-electron chi connectivity index (χ3n) is 3.28. The number of fused-ring (bicyclic) bond motifs is 2. The molecule has 0 aromatic rings. The lowest BCUT2D eigenvalue weighted by molar-refractivity contribution is 0.223. The lowest BCUT2D eigenvalue weighted by atomic mass is 9.78. The first-order valence-corrected chi connectivity index (χ1v) is 5.08. The molecule has 1 aliphatic carbocycles. The van der Waals surface area contributed by atoms with Crippen molar-refractivity contribution in [3.8, 4) is 0 Å². The minimum absolute atomic E-state index is 1.04. The third-order valence-corrected chi connectivity index (χ3v) is 3.28. The van der Waals surface area contributed by atoms with Gasteiger partial charge in [0.15, 0.2) is 0 Å². The van der Waals surface area contributed by atoms with E-state index in [1.54, 1.807) is 0 Å². The lowest BCUT2D eigenvalue weighted by Gasteiger charge is -2.31. The van der Waals surface area contributed by atoms with Crippen molar-refractivity contribution in [1.82, 2.24) is 5.32 Å². The Bertz CT molecular complexity index is 110. The fraction of sp³-hybridized carbons (Fsp3) is 1.00. The van der Waals surface area contributed by atoms with Gasteiger partial charge in [0.1, 0.15) is 0 Å². The molecule has 1 radical (unpaired) electrons. The highest BCUT2D eigenvalue weighted by Gasteiger charge is 2.22. The third kappa shape index (κ3) is 1.96. The van der Waals surface area contributed by atoms with Crippen molar-refractivity contribution in [1.29, 1.82) is 0 Å². The maximum atomic E-state index is 4.51. The van der Waals surface area contributed by atoms with Crippen LogP contribution >= 0.6 is 0 Å². The fourth-order valence-corrected chi connectivity index (χ4v) is 2.59. The summed E-state index contributed by atoms with van der Waals surface area (Å²) in [6.07, 6.45) is 8.77. The molecular formula is C10H18N. The zero-order chi connectivity index (χ0) is 7.52. The minimum Gasteiger partial charge on any atom is -0.242 e. The predicted molar refractivity (Wildman–Crippen MR) is 46.6 cm³/mol. The quantitative estimate of drug-likeness (QED) is 0.505. The van der Waals surface area contributed by atoms with Crippen LogP contribution in [0.4, 0.5) is 0 Å². The van der Waals surface area contributed by atoms with E-state index in [4.69, 9.17) is 0 Å². The number of hydrogen-bond acceptors (Lipinski definition) is 0. The SMILES string of the molecule is C1CC2CC[N]CCC(C1)C2. The van der Waals surface area contributed by atoms with Gasteiger partial charge in [0.05, 0.1) is 0 Å². The van der Waals surface area contributed by atoms with Crippen LogP contribution in [0.2, 0.25) is 0 Å². The molecule has 0 N–H and O–H groups in total. The second-order valence-electron chi connectivity index (χ2n) is 4.15. The van der Waals surface area contributed by atoms with Crippen LogP contribution in [0, 0.1) is 11.8 Å². The van der Waals surface area contributed by atoms with Gasteiger partial charge in [-0.3, -0.25) is 0 Å². The van der Waals surface area contributed by atoms with Gasteiger partial charge in [-0.2, -0.15) is 0 Å². The van der Waals surface area contributed by atoms with Crippen LogP contribution in [0.5, 0.6) is 0 Å². The van der Waals surface area contributed by atoms with Crippen LogP contribution in [0.1, 0.15) is 38.5 Å². The van der Waals surface area contributed by atoms with Gasteiger partial charge in [0.2, 0.25) is 0 Å². The van der Waals surface area contributed by atoms with E-state index < -0.39 is 0 Å². The van der Waals surface area contributed by atoms with E-state index in [0.717, 1.165) is 24.9 Å². The molecule has 11 heavy (non-hydrogen) atoms. The van der Waals surface area contributed by atoms with Crippen molar-refractivity contribution in [2.24, 2.45) is 11.8 Å². The van der Waals surface area contributed by atoms with Crippen LogP contribution in [0.15, 0.2) is 0 Å². The largest absolute Gasteiger partial charge is 0.242 e. The minimum atomic E-state index is 1.04. The van der Waals surface area contributed by atoms with E-state index in [2.05, 4.69) is 5.32 Å². The topological polar surface area (TPSA) is 14.1 Å². The average molecular weight is 152 g/mol. The molecule has 0 spiro atoms. The first-order chi connectivity index (χ1) is 5.45. The number of nitrogens with zero attached hydrogens (tertiary/aromatic N) is 1. The first kappa shape index (κ1) is 7.60. The molecule has 2 unspecified atom stereocenters. The maximum absolute atomic E-state index is 4.51. The van der Waals surface area contributed by atoms with Gasteiger partial charge >= 0.3 is 0 Å². The zero-order valence-corrected chi connectivity index (χ0v) is 7.26. The molecule has 1 nitrogen and oxygen atoms in total. The van der Waals surface area contributed by atoms with Crippen LogP contribution in [0.25, 0.3) is 0 Å². The molecule has 0 aromatic heterocycles. The molecule has 0 aromatic carbocycles. The second kappa shape index (κ2) is 3.57. The van der Waals surface area contributed by atoms with E-state index >= 15 is 0 Å². The van der Waals surface area contributed by atoms with Crippen LogP contribution < -0.4 is 5.32 Å². The molecule has 2 atom stereocenters. The summed E-state index contributed by atoms with van der Waals surface area (Å²) in [5, 5.41) is 4.51. The monoisotopic (exact) mass is 152 g/mol. The van der Waals surface area contributed by atoms with E-state index in [1.165, 1.54) is 38.5 Å². The summed E-state index contributed by atoms with van der Waals surface area (Å²) in [5.74, 6) is 2.08. The molecule has 1 heteroatoms. The normalized spacial score (nSPS) is 39.3. The molecule has 2 bridgehead atoms. The summed E-state index contributed by atoms with van der Waals surface area (Å²) in [6.45, 7) is 2.30. The van der Waals surface area contributed by atoms with E-state index in [9.17, 15) is 0 Å². The van der Waals surface area contributed by atoms with Crippen molar-refractivity contribution < 1.29 is 0 Å². The van der Waals surface area contributed by atoms with E-state index in [1.807, 2.05) is 0 Å². The van der Waals surface area contributed by atoms with E-state index in [-0.39, 0.29) is 0 Å². The standard InChI is InChI=1S/C10H18N/c1-2-9-4-6-11-7-5-10(3-1)8-9/h9-10H,1-8H2. The Labute approximate surface area is 69.6 Å². The van der Waals surface area contributed by atoms with Crippen molar-refractivity contribution in [2.45, 2.75) is 38.5 Å². The molecule has 1 heterocycles. The van der Waals surface area contributed by atoms with Crippen LogP contribution in [-0.4, -0.2) is 13.1 Å². The van der Waals surface area contributed by atoms with Gasteiger partial charge in [-0.1, -0.05) is 19.3 Å². The molecule has 2 aliphatic rings. The summed E-state index contributed by atoms with van der Waals surface area (Å²) in [5.41, 5.74) is 0. The zero-order valence-electron chi connectivity index (χ0n) is 7.26. The van der Waals surface area contributed by atoms with Crippen molar-refractivity contribution >= 4 is 0 Å². The van der Waals surface area contributed by atoms with Crippen molar-refractivity contribution in [2.75, 3.05) is 13.1 Å². The van der Waals surface area contributed by atoms with E-state index in [0.29, 0.717) is 0 Å². The lowest BCUT2D eigenvalue weighted by Crippen LogP contribution is -2.25. The summed E-state index contributed by atoms with van der Waals surface area (Å²) in [7, 11) is 0. The first-order valence-electron chi connectivity index (χ1n) is 5.08. The Morgan fingerprint density at radius 3 is 2.09 bits per heavy atom. The van der Waals surface area contributed by atoms with Gasteiger partial charge in [-0.25, -0.2) is 5.32 Å². The highest BCUT2D eigenvalue weighted by molar-refractivity contribution is 4.76. The molecular weight excluding hydrogens is 134 g/mol. The predicted octanol–water partition coefficient (Wildman–Crippen LogP) is 2.19. The molecule has 0 amide bonds. The second-order valence-corrected chi connectivity index (χ2v) is 4.15. The van der Waals surface area contributed by atoms with Crippen molar-refractivity contribution in [3.05, 3.63) is 0 Å². The maximum Gasteiger partial charge on any atom is 0.0136 e. The number of hydrogen-bond donors (Lipinski definition) is 0. The Morgan fingerprint density at radius 1 is 0.818 bits per heavy atom. The van der Waals surface area contributed by atoms with Crippen LogP contribution in [-0.2, 0) is 0 Å². The highest BCUT2D eigenvalue weighted by Crippen LogP contribution is 2.33. The highest BCUT2D eigenvalue weighted by atomic mass is 14.8. The van der Waals surface area contributed by atoms with Gasteiger partial charge in [-0.05, 0) is 31.1 Å². The average Bonchev–Trinajstić information content (AvgIpc) is 2.02. The molecule has 2 fully saturated rings. The Kier molecular flexibility index (Phi) is 2.47. The summed E-state index contributed by atoms with van der Waals surface area (Å²) < 4.78 is 0. The summed E-state index contributed by atoms with van der Waals surface area (Å²) >= 11 is 0. The van der Waals surface area contributed by atoms with Crippen molar-refractivity contribution in [3.63, 3.8) is 0 Å². The Hall–Kier alpha value is -0.0400. The smallest absolute Gasteiger partial charge is 0.0136 e. The molecule has 63 valence electrons. The molecule has 1 saturated heterocycles. The Balaban J connectivity index is 1.90. The fourth-order valence-electron chi connectivity index (χ4n) is 2.59. The number of rotatable bonds is 0. The van der Waals surface area contributed by atoms with Gasteiger partial charge in [0.25, 0.3) is 0 Å². The molecule has 2 rings (SSSR count). The molecule has 1 saturated carbocycles. The van der Waals surface area contributed by atoms with Gasteiger partial charge < -0.3 is 0 Å². The summed E-state index contributed by atoms with van der Waals surface area (Å²) in [6, 6.07) is 0.